The molecule has 0 atom stereocenters. The van der Waals surface area contributed by atoms with E-state index in [9.17, 15) is 9.59 Å². The smallest absolute Gasteiger partial charge is 0.309 e. The summed E-state index contributed by atoms with van der Waals surface area (Å²) < 4.78 is 0. The van der Waals surface area contributed by atoms with Crippen LogP contribution in [0.15, 0.2) is 4.79 Å². The minimum atomic E-state index is -1.12. The number of nitrogens with zero attached hydrogens (tertiary/aromatic N) is 1. The molecule has 0 radical (unpaired) electrons. The number of nitrogen functional groups attached to an aromatic ring is 2. The summed E-state index contributed by atoms with van der Waals surface area (Å²) >= 11 is 0. The molecule has 0 unspecified atom stereocenters. The summed E-state index contributed by atoms with van der Waals surface area (Å²) in [5.74, 6) is -1.26. The summed E-state index contributed by atoms with van der Waals surface area (Å²) in [5.41, 5.74) is 9.61. The molecule has 0 fully saturated rings. The van der Waals surface area contributed by atoms with Gasteiger partial charge in [0.15, 0.2) is 0 Å². The maximum absolute atomic E-state index is 10.9. The molecule has 7 nitrogen and oxygen atoms in total. The van der Waals surface area contributed by atoms with Crippen LogP contribution in [0, 0.1) is 0 Å². The van der Waals surface area contributed by atoms with Gasteiger partial charge in [0.25, 0.3) is 5.56 Å². The Hall–Kier alpha value is -2.05. The Kier molecular flexibility index (Phi) is 2.18. The predicted molar refractivity (Wildman–Crippen MR) is 45.0 cm³/mol. The molecule has 7 heteroatoms. The van der Waals surface area contributed by atoms with E-state index in [0.717, 1.165) is 0 Å². The number of nitrogens with one attached hydrogen (secondary N) is 1. The van der Waals surface area contributed by atoms with Crippen LogP contribution in [0.5, 0.6) is 0 Å². The predicted octanol–water partition coefficient (Wildman–Crippen LogP) is -1.44. The molecule has 0 saturated carbocycles. The van der Waals surface area contributed by atoms with Crippen LogP contribution in [0.2, 0.25) is 0 Å². The first kappa shape index (κ1) is 9.04. The summed E-state index contributed by atoms with van der Waals surface area (Å²) in [7, 11) is 0. The molecule has 70 valence electrons. The molecule has 13 heavy (non-hydrogen) atoms. The minimum Gasteiger partial charge on any atom is -0.481 e. The zero-order chi connectivity index (χ0) is 10.0. The van der Waals surface area contributed by atoms with Gasteiger partial charge in [0.2, 0.25) is 5.95 Å². The summed E-state index contributed by atoms with van der Waals surface area (Å²) in [6.07, 6.45) is -0.417. The highest BCUT2D eigenvalue weighted by molar-refractivity contribution is 5.71. The number of hydrogen-bond donors (Lipinski definition) is 4. The zero-order valence-electron chi connectivity index (χ0n) is 6.57. The molecule has 0 aliphatic carbocycles. The van der Waals surface area contributed by atoms with Gasteiger partial charge in [0, 0.05) is 0 Å². The van der Waals surface area contributed by atoms with Crippen LogP contribution in [0.4, 0.5) is 11.6 Å². The van der Waals surface area contributed by atoms with Gasteiger partial charge in [-0.1, -0.05) is 0 Å². The van der Waals surface area contributed by atoms with Crippen molar-refractivity contribution >= 4 is 17.6 Å². The Balaban J connectivity index is 3.20. The van der Waals surface area contributed by atoms with Crippen molar-refractivity contribution in [2.75, 3.05) is 11.5 Å². The van der Waals surface area contributed by atoms with Gasteiger partial charge in [0.1, 0.15) is 5.69 Å². The Morgan fingerprint density at radius 1 is 1.54 bits per heavy atom. The van der Waals surface area contributed by atoms with Crippen LogP contribution in [-0.2, 0) is 11.2 Å². The lowest BCUT2D eigenvalue weighted by atomic mass is 10.2. The lowest BCUT2D eigenvalue weighted by Crippen LogP contribution is -2.20. The normalized spacial score (nSPS) is 9.85. The van der Waals surface area contributed by atoms with Crippen molar-refractivity contribution in [2.45, 2.75) is 6.42 Å². The molecule has 0 aliphatic heterocycles. The molecule has 1 heterocycles. The van der Waals surface area contributed by atoms with E-state index >= 15 is 0 Å². The number of H-pyrrole nitrogens is 1. The standard InChI is InChI=1S/C6H8N4O3/c7-4-2(1-3(11)12)9-6(8)10-5(4)13/h1,7H2,(H,11,12)(H3,8,9,10,13). The number of hydrogen-bond acceptors (Lipinski definition) is 5. The molecule has 0 saturated heterocycles. The third-order valence-corrected chi connectivity index (χ3v) is 1.37. The van der Waals surface area contributed by atoms with E-state index in [-0.39, 0.29) is 17.3 Å². The molecule has 1 aromatic heterocycles. The van der Waals surface area contributed by atoms with Crippen molar-refractivity contribution in [3.05, 3.63) is 16.0 Å². The van der Waals surface area contributed by atoms with Crippen molar-refractivity contribution in [1.29, 1.82) is 0 Å². The molecule has 0 aliphatic rings. The lowest BCUT2D eigenvalue weighted by molar-refractivity contribution is -0.136. The molecular weight excluding hydrogens is 176 g/mol. The average molecular weight is 184 g/mol. The summed E-state index contributed by atoms with van der Waals surface area (Å²) in [6.45, 7) is 0. The van der Waals surface area contributed by atoms with Gasteiger partial charge in [0.05, 0.1) is 12.1 Å². The monoisotopic (exact) mass is 184 g/mol. The number of nitrogens with two attached hydrogens (primary N) is 2. The Morgan fingerprint density at radius 3 is 2.69 bits per heavy atom. The van der Waals surface area contributed by atoms with Gasteiger partial charge >= 0.3 is 5.97 Å². The molecule has 1 rings (SSSR count). The van der Waals surface area contributed by atoms with Gasteiger partial charge in [-0.2, -0.15) is 0 Å². The SMILES string of the molecule is Nc1nc(CC(=O)O)c(N)c(=O)[nH]1. The van der Waals surface area contributed by atoms with Crippen LogP contribution < -0.4 is 17.0 Å². The fourth-order valence-electron chi connectivity index (χ4n) is 0.826. The van der Waals surface area contributed by atoms with Gasteiger partial charge < -0.3 is 16.6 Å². The number of rotatable bonds is 2. The van der Waals surface area contributed by atoms with Gasteiger partial charge in [-0.15, -0.1) is 0 Å². The van der Waals surface area contributed by atoms with E-state index in [2.05, 4.69) is 9.97 Å². The molecule has 6 N–H and O–H groups in total. The van der Waals surface area contributed by atoms with Crippen molar-refractivity contribution in [2.24, 2.45) is 0 Å². The van der Waals surface area contributed by atoms with E-state index in [0.29, 0.717) is 0 Å². The van der Waals surface area contributed by atoms with Crippen LogP contribution in [0.25, 0.3) is 0 Å². The van der Waals surface area contributed by atoms with Crippen LogP contribution in [0.1, 0.15) is 5.69 Å². The van der Waals surface area contributed by atoms with E-state index in [1.165, 1.54) is 0 Å². The highest BCUT2D eigenvalue weighted by Gasteiger charge is 2.10. The third kappa shape index (κ3) is 1.95. The number of carbonyl (C=O) groups is 1. The molecule has 0 amide bonds. The van der Waals surface area contributed by atoms with E-state index in [1.807, 2.05) is 0 Å². The van der Waals surface area contributed by atoms with Crippen molar-refractivity contribution in [3.63, 3.8) is 0 Å². The second kappa shape index (κ2) is 3.13. The summed E-state index contributed by atoms with van der Waals surface area (Å²) in [5, 5.41) is 8.42. The first-order chi connectivity index (χ1) is 6.00. The number of aromatic amines is 1. The quantitative estimate of drug-likeness (QED) is 0.444. The Labute approximate surface area is 72.4 Å². The summed E-state index contributed by atoms with van der Waals surface area (Å²) in [4.78, 5) is 27.0. The molecule has 1 aromatic rings. The fourth-order valence-corrected chi connectivity index (χ4v) is 0.826. The highest BCUT2D eigenvalue weighted by atomic mass is 16.4. The first-order valence-corrected chi connectivity index (χ1v) is 3.36. The number of carboxylic acids is 1. The van der Waals surface area contributed by atoms with Crippen LogP contribution >= 0.6 is 0 Å². The highest BCUT2D eigenvalue weighted by Crippen LogP contribution is 2.03. The topological polar surface area (TPSA) is 135 Å². The largest absolute Gasteiger partial charge is 0.481 e. The lowest BCUT2D eigenvalue weighted by Gasteiger charge is -2.01. The van der Waals surface area contributed by atoms with E-state index in [4.69, 9.17) is 16.6 Å². The van der Waals surface area contributed by atoms with Crippen LogP contribution in [0.3, 0.4) is 0 Å². The number of anilines is 2. The van der Waals surface area contributed by atoms with Gasteiger partial charge in [-0.25, -0.2) is 4.98 Å². The zero-order valence-corrected chi connectivity index (χ0v) is 6.57. The summed E-state index contributed by atoms with van der Waals surface area (Å²) in [6, 6.07) is 0. The molecule has 0 bridgehead atoms. The van der Waals surface area contributed by atoms with Crippen molar-refractivity contribution in [1.82, 2.24) is 9.97 Å². The number of carboxylic acid groups (broad SMARTS) is 1. The number of aliphatic carboxylic acids is 1. The minimum absolute atomic E-state index is 0.0197. The molecule has 0 spiro atoms. The van der Waals surface area contributed by atoms with Crippen LogP contribution in [-0.4, -0.2) is 21.0 Å². The Bertz CT molecular complexity index is 397. The van der Waals surface area contributed by atoms with Crippen molar-refractivity contribution in [3.8, 4) is 0 Å². The molecule has 0 aromatic carbocycles. The maximum atomic E-state index is 10.9. The van der Waals surface area contributed by atoms with E-state index in [1.54, 1.807) is 0 Å². The van der Waals surface area contributed by atoms with Crippen molar-refractivity contribution < 1.29 is 9.90 Å². The van der Waals surface area contributed by atoms with Gasteiger partial charge in [-0.05, 0) is 0 Å². The third-order valence-electron chi connectivity index (χ3n) is 1.37. The van der Waals surface area contributed by atoms with Gasteiger partial charge in [-0.3, -0.25) is 14.6 Å². The second-order valence-electron chi connectivity index (χ2n) is 2.38. The van der Waals surface area contributed by atoms with E-state index < -0.39 is 17.9 Å². The Morgan fingerprint density at radius 2 is 2.15 bits per heavy atom. The first-order valence-electron chi connectivity index (χ1n) is 3.36. The fraction of sp³-hybridized carbons (Fsp3) is 0.167. The molecular formula is C6H8N4O3. The maximum Gasteiger partial charge on any atom is 0.309 e. The number of aromatic nitrogens is 2. The average Bonchev–Trinajstić information content (AvgIpc) is 1.98. The second-order valence-corrected chi connectivity index (χ2v) is 2.38.